The zero-order valence-corrected chi connectivity index (χ0v) is 13.5. The van der Waals surface area contributed by atoms with Gasteiger partial charge in [0.25, 0.3) is 0 Å². The molecule has 0 spiro atoms. The summed E-state index contributed by atoms with van der Waals surface area (Å²) < 4.78 is 5.44. The van der Waals surface area contributed by atoms with Gasteiger partial charge in [0.2, 0.25) is 11.8 Å². The van der Waals surface area contributed by atoms with E-state index in [1.54, 1.807) is 0 Å². The van der Waals surface area contributed by atoms with E-state index in [2.05, 4.69) is 20.8 Å². The third-order valence-electron chi connectivity index (χ3n) is 3.60. The highest BCUT2D eigenvalue weighted by atomic mass is 16.4. The number of nitrogens with zero attached hydrogens (tertiary/aromatic N) is 3. The van der Waals surface area contributed by atoms with Crippen LogP contribution in [0.3, 0.4) is 0 Å². The molecule has 1 unspecified atom stereocenters. The lowest BCUT2D eigenvalue weighted by Gasteiger charge is -2.28. The molecule has 12 nitrogen and oxygen atoms in total. The lowest BCUT2D eigenvalue weighted by atomic mass is 10.2. The summed E-state index contributed by atoms with van der Waals surface area (Å²) in [5.41, 5.74) is 5.16. The fourth-order valence-electron chi connectivity index (χ4n) is 2.13. The molecule has 0 aliphatic carbocycles. The molecule has 1 aliphatic rings. The first-order valence-corrected chi connectivity index (χ1v) is 7.62. The lowest BCUT2D eigenvalue weighted by Crippen LogP contribution is -2.52. The van der Waals surface area contributed by atoms with Gasteiger partial charge in [-0.3, -0.25) is 4.79 Å². The van der Waals surface area contributed by atoms with E-state index in [0.29, 0.717) is 0 Å². The number of primary amides is 1. The number of carbonyl (C=O) groups is 3. The fraction of sp³-hybridized carbons (Fsp3) is 0.615. The van der Waals surface area contributed by atoms with Crippen LogP contribution < -0.4 is 21.3 Å². The highest BCUT2D eigenvalue weighted by Gasteiger charge is 2.29. The summed E-state index contributed by atoms with van der Waals surface area (Å²) in [7, 11) is 0. The number of urea groups is 1. The molecular formula is C13H20N6O6. The van der Waals surface area contributed by atoms with Gasteiger partial charge in [-0.1, -0.05) is 5.10 Å². The number of nitrogens with one attached hydrogen (secondary N) is 2. The predicted octanol–water partition coefficient (Wildman–Crippen LogP) is -1.67. The number of aliphatic hydroxyl groups is 1. The molecule has 0 bridgehead atoms. The van der Waals surface area contributed by atoms with Crippen molar-refractivity contribution in [3.05, 3.63) is 5.89 Å². The van der Waals surface area contributed by atoms with Crippen LogP contribution in [0, 0.1) is 0 Å². The summed E-state index contributed by atoms with van der Waals surface area (Å²) in [5.74, 6) is -2.16. The van der Waals surface area contributed by atoms with Gasteiger partial charge in [-0.15, -0.1) is 5.10 Å². The van der Waals surface area contributed by atoms with E-state index in [4.69, 9.17) is 15.3 Å². The molecule has 1 aromatic rings. The van der Waals surface area contributed by atoms with Crippen molar-refractivity contribution in [1.29, 1.82) is 0 Å². The van der Waals surface area contributed by atoms with E-state index < -0.39 is 36.1 Å². The second-order valence-electron chi connectivity index (χ2n) is 5.66. The maximum atomic E-state index is 12.0. The minimum absolute atomic E-state index is 0.0280. The summed E-state index contributed by atoms with van der Waals surface area (Å²) >= 11 is 0. The molecule has 0 saturated carbocycles. The quantitative estimate of drug-likeness (QED) is 0.363. The maximum Gasteiger partial charge on any atom is 0.328 e. The van der Waals surface area contributed by atoms with Crippen LogP contribution in [0.1, 0.15) is 31.7 Å². The Morgan fingerprint density at radius 2 is 2.00 bits per heavy atom. The minimum Gasteiger partial charge on any atom is -0.480 e. The van der Waals surface area contributed by atoms with Crippen LogP contribution in [0.5, 0.6) is 0 Å². The van der Waals surface area contributed by atoms with Crippen LogP contribution in [-0.4, -0.2) is 63.6 Å². The standard InChI is InChI=1S/C13H20N6O6/c1-6(20)9(11(22)23)16-12(24)15-7(5-8(14)21)10-17-18-13(25-10)19-3-2-4-19/h6-7,9,20H,2-5H2,1H3,(H2,14,21)(H,22,23)(H2,15,16,24)/t6?,7-,9-/m0/s1. The zero-order valence-electron chi connectivity index (χ0n) is 13.5. The Kier molecular flexibility index (Phi) is 5.75. The molecule has 1 saturated heterocycles. The van der Waals surface area contributed by atoms with Gasteiger partial charge in [0, 0.05) is 13.1 Å². The number of hydrogen-bond donors (Lipinski definition) is 5. The van der Waals surface area contributed by atoms with E-state index in [9.17, 15) is 19.5 Å². The largest absolute Gasteiger partial charge is 0.480 e. The number of rotatable bonds is 8. The van der Waals surface area contributed by atoms with Crippen molar-refractivity contribution >= 4 is 23.9 Å². The Morgan fingerprint density at radius 3 is 2.48 bits per heavy atom. The van der Waals surface area contributed by atoms with E-state index in [1.807, 2.05) is 4.90 Å². The Bertz CT molecular complexity index is 643. The predicted molar refractivity (Wildman–Crippen MR) is 82.5 cm³/mol. The molecular weight excluding hydrogens is 336 g/mol. The van der Waals surface area contributed by atoms with E-state index in [-0.39, 0.29) is 18.3 Å². The number of aliphatic carboxylic acids is 1. The van der Waals surface area contributed by atoms with Gasteiger partial charge in [0.1, 0.15) is 6.04 Å². The topological polar surface area (TPSA) is 184 Å². The molecule has 6 N–H and O–H groups in total. The fourth-order valence-corrected chi connectivity index (χ4v) is 2.13. The van der Waals surface area contributed by atoms with Crippen LogP contribution in [-0.2, 0) is 9.59 Å². The van der Waals surface area contributed by atoms with Crippen molar-refractivity contribution in [3.63, 3.8) is 0 Å². The lowest BCUT2D eigenvalue weighted by molar-refractivity contribution is -0.141. The summed E-state index contributed by atoms with van der Waals surface area (Å²) in [6.07, 6.45) is -0.639. The number of aromatic nitrogens is 2. The first-order valence-electron chi connectivity index (χ1n) is 7.62. The molecule has 1 aromatic heterocycles. The van der Waals surface area contributed by atoms with Crippen LogP contribution >= 0.6 is 0 Å². The van der Waals surface area contributed by atoms with Crippen molar-refractivity contribution in [3.8, 4) is 0 Å². The zero-order chi connectivity index (χ0) is 18.6. The Morgan fingerprint density at radius 1 is 1.32 bits per heavy atom. The number of anilines is 1. The third-order valence-corrected chi connectivity index (χ3v) is 3.60. The van der Waals surface area contributed by atoms with Crippen LogP contribution in [0.2, 0.25) is 0 Å². The number of carboxylic acid groups (broad SMARTS) is 1. The summed E-state index contributed by atoms with van der Waals surface area (Å²) in [6.45, 7) is 2.76. The Labute approximate surface area is 142 Å². The minimum atomic E-state index is -1.52. The number of nitrogens with two attached hydrogens (primary N) is 1. The highest BCUT2D eigenvalue weighted by Crippen LogP contribution is 2.23. The second-order valence-corrected chi connectivity index (χ2v) is 5.66. The smallest absolute Gasteiger partial charge is 0.328 e. The normalized spacial score (nSPS) is 17.1. The van der Waals surface area contributed by atoms with Crippen molar-refractivity contribution in [2.45, 2.75) is 38.0 Å². The van der Waals surface area contributed by atoms with E-state index in [1.165, 1.54) is 6.92 Å². The molecule has 1 fully saturated rings. The third kappa shape index (κ3) is 4.79. The molecule has 25 heavy (non-hydrogen) atoms. The molecule has 2 heterocycles. The summed E-state index contributed by atoms with van der Waals surface area (Å²) in [4.78, 5) is 36.0. The van der Waals surface area contributed by atoms with E-state index >= 15 is 0 Å². The van der Waals surface area contributed by atoms with Crippen molar-refractivity contribution in [1.82, 2.24) is 20.8 Å². The molecule has 138 valence electrons. The van der Waals surface area contributed by atoms with Gasteiger partial charge in [-0.05, 0) is 13.3 Å². The molecule has 0 aromatic carbocycles. The van der Waals surface area contributed by atoms with Crippen LogP contribution in [0.25, 0.3) is 0 Å². The number of hydrogen-bond acceptors (Lipinski definition) is 8. The number of aliphatic hydroxyl groups excluding tert-OH is 1. The van der Waals surface area contributed by atoms with Gasteiger partial charge in [-0.25, -0.2) is 9.59 Å². The van der Waals surface area contributed by atoms with Crippen molar-refractivity contribution in [2.24, 2.45) is 5.73 Å². The van der Waals surface area contributed by atoms with Gasteiger partial charge >= 0.3 is 18.0 Å². The van der Waals surface area contributed by atoms with Gasteiger partial charge < -0.3 is 35.9 Å². The molecule has 0 radical (unpaired) electrons. The average molecular weight is 356 g/mol. The second kappa shape index (κ2) is 7.79. The first kappa shape index (κ1) is 18.4. The first-order chi connectivity index (χ1) is 11.8. The monoisotopic (exact) mass is 356 g/mol. The Hall–Kier alpha value is -2.89. The van der Waals surface area contributed by atoms with Gasteiger partial charge in [0.15, 0.2) is 6.04 Å². The van der Waals surface area contributed by atoms with Crippen molar-refractivity contribution < 1.29 is 29.0 Å². The summed E-state index contributed by atoms with van der Waals surface area (Å²) in [6, 6.07) is -3.20. The molecule has 2 rings (SSSR count). The van der Waals surface area contributed by atoms with Gasteiger partial charge in [-0.2, -0.15) is 0 Å². The van der Waals surface area contributed by atoms with Gasteiger partial charge in [0.05, 0.1) is 12.5 Å². The van der Waals surface area contributed by atoms with Crippen molar-refractivity contribution in [2.75, 3.05) is 18.0 Å². The van der Waals surface area contributed by atoms with Crippen LogP contribution in [0.4, 0.5) is 10.8 Å². The SMILES string of the molecule is CC(O)[C@H](NC(=O)N[C@@H](CC(N)=O)c1nnc(N2CCC2)o1)C(=O)O. The average Bonchev–Trinajstić information content (AvgIpc) is 2.90. The van der Waals surface area contributed by atoms with E-state index in [0.717, 1.165) is 19.5 Å². The number of amides is 3. The molecule has 3 amide bonds. The Balaban J connectivity index is 2.06. The van der Waals surface area contributed by atoms with Crippen LogP contribution in [0.15, 0.2) is 4.42 Å². The molecule has 3 atom stereocenters. The maximum absolute atomic E-state index is 12.0. The molecule has 12 heteroatoms. The molecule has 1 aliphatic heterocycles. The summed E-state index contributed by atoms with van der Waals surface area (Å²) in [5, 5.41) is 30.4. The number of carboxylic acids is 1. The number of carbonyl (C=O) groups excluding carboxylic acids is 2. The highest BCUT2D eigenvalue weighted by molar-refractivity contribution is 5.83.